The third-order valence-corrected chi connectivity index (χ3v) is 4.17. The molecule has 1 aliphatic rings. The highest BCUT2D eigenvalue weighted by Gasteiger charge is 2.26. The molecule has 1 heterocycles. The van der Waals surface area contributed by atoms with Crippen LogP contribution in [0.1, 0.15) is 38.5 Å². The topological polar surface area (TPSA) is 114 Å². The standard InChI is InChI=1S/C18H26N4O4/c1-26-15-12-13(20-16(23)6-4-2-3-5-10-19)7-8-14(15)22-11-9-17(24)21-18(22)25/h7-8,12H,2-6,9-11,19H2,1H3,(H,20,23)(H,21,24,25). The van der Waals surface area contributed by atoms with Gasteiger partial charge in [-0.05, 0) is 31.5 Å². The van der Waals surface area contributed by atoms with Gasteiger partial charge in [-0.3, -0.25) is 19.8 Å². The molecular weight excluding hydrogens is 336 g/mol. The summed E-state index contributed by atoms with van der Waals surface area (Å²) in [4.78, 5) is 36.7. The minimum atomic E-state index is -0.478. The fourth-order valence-electron chi connectivity index (χ4n) is 2.78. The van der Waals surface area contributed by atoms with E-state index in [2.05, 4.69) is 10.6 Å². The molecule has 26 heavy (non-hydrogen) atoms. The van der Waals surface area contributed by atoms with Gasteiger partial charge in [-0.15, -0.1) is 0 Å². The third-order valence-electron chi connectivity index (χ3n) is 4.17. The normalized spacial score (nSPS) is 14.2. The van der Waals surface area contributed by atoms with E-state index in [4.69, 9.17) is 10.5 Å². The molecule has 0 atom stereocenters. The molecule has 4 N–H and O–H groups in total. The van der Waals surface area contributed by atoms with Gasteiger partial charge in [0.25, 0.3) is 0 Å². The number of nitrogens with zero attached hydrogens (tertiary/aromatic N) is 1. The van der Waals surface area contributed by atoms with E-state index in [1.165, 1.54) is 12.0 Å². The van der Waals surface area contributed by atoms with Crippen LogP contribution in [0.4, 0.5) is 16.2 Å². The van der Waals surface area contributed by atoms with Crippen molar-refractivity contribution in [3.63, 3.8) is 0 Å². The minimum Gasteiger partial charge on any atom is -0.494 e. The van der Waals surface area contributed by atoms with Gasteiger partial charge in [0.15, 0.2) is 0 Å². The highest BCUT2D eigenvalue weighted by atomic mass is 16.5. The molecule has 1 aliphatic heterocycles. The first-order chi connectivity index (χ1) is 12.5. The van der Waals surface area contributed by atoms with Gasteiger partial charge < -0.3 is 15.8 Å². The zero-order chi connectivity index (χ0) is 18.9. The molecular formula is C18H26N4O4. The Morgan fingerprint density at radius 1 is 1.27 bits per heavy atom. The first kappa shape index (κ1) is 19.7. The Kier molecular flexibility index (Phi) is 7.40. The van der Waals surface area contributed by atoms with Gasteiger partial charge >= 0.3 is 6.03 Å². The molecule has 0 aromatic heterocycles. The summed E-state index contributed by atoms with van der Waals surface area (Å²) in [5, 5.41) is 5.12. The molecule has 1 aromatic carbocycles. The lowest BCUT2D eigenvalue weighted by atomic mass is 10.1. The smallest absolute Gasteiger partial charge is 0.328 e. The van der Waals surface area contributed by atoms with Gasteiger partial charge in [0, 0.05) is 31.1 Å². The van der Waals surface area contributed by atoms with E-state index in [1.807, 2.05) is 0 Å². The largest absolute Gasteiger partial charge is 0.494 e. The van der Waals surface area contributed by atoms with Gasteiger partial charge in [0.05, 0.1) is 12.8 Å². The number of amides is 4. The number of carbonyl (C=O) groups is 3. The predicted octanol–water partition coefficient (Wildman–Crippen LogP) is 1.99. The number of carbonyl (C=O) groups excluding carboxylic acids is 3. The van der Waals surface area contributed by atoms with Crippen molar-refractivity contribution >= 4 is 29.2 Å². The molecule has 0 radical (unpaired) electrons. The van der Waals surface area contributed by atoms with Gasteiger partial charge in [-0.1, -0.05) is 12.8 Å². The number of anilines is 2. The summed E-state index contributed by atoms with van der Waals surface area (Å²) in [6.45, 7) is 0.969. The lowest BCUT2D eigenvalue weighted by Gasteiger charge is -2.28. The average Bonchev–Trinajstić information content (AvgIpc) is 2.62. The van der Waals surface area contributed by atoms with Crippen LogP contribution in [-0.2, 0) is 9.59 Å². The van der Waals surface area contributed by atoms with E-state index in [-0.39, 0.29) is 24.8 Å². The molecule has 4 amide bonds. The van der Waals surface area contributed by atoms with Crippen molar-refractivity contribution in [2.45, 2.75) is 38.5 Å². The lowest BCUT2D eigenvalue weighted by Crippen LogP contribution is -2.49. The van der Waals surface area contributed by atoms with E-state index in [9.17, 15) is 14.4 Å². The van der Waals surface area contributed by atoms with Crippen molar-refractivity contribution < 1.29 is 19.1 Å². The summed E-state index contributed by atoms with van der Waals surface area (Å²) in [5.74, 6) is 0.102. The van der Waals surface area contributed by atoms with Crippen molar-refractivity contribution in [3.05, 3.63) is 18.2 Å². The molecule has 142 valence electrons. The third kappa shape index (κ3) is 5.45. The van der Waals surface area contributed by atoms with Crippen LogP contribution in [0, 0.1) is 0 Å². The summed E-state index contributed by atoms with van der Waals surface area (Å²) in [6.07, 6.45) is 4.50. The first-order valence-electron chi connectivity index (χ1n) is 8.84. The second kappa shape index (κ2) is 9.76. The van der Waals surface area contributed by atoms with Crippen LogP contribution in [0.2, 0.25) is 0 Å². The number of unbranched alkanes of at least 4 members (excludes halogenated alkanes) is 3. The Bertz CT molecular complexity index is 663. The van der Waals surface area contributed by atoms with Gasteiger partial charge in [0.2, 0.25) is 11.8 Å². The number of hydrogen-bond acceptors (Lipinski definition) is 5. The summed E-state index contributed by atoms with van der Waals surface area (Å²) in [5.41, 5.74) is 6.60. The molecule has 1 saturated heterocycles. The quantitative estimate of drug-likeness (QED) is 0.581. The Labute approximate surface area is 153 Å². The predicted molar refractivity (Wildman–Crippen MR) is 99.3 cm³/mol. The van der Waals surface area contributed by atoms with E-state index in [1.54, 1.807) is 18.2 Å². The average molecular weight is 362 g/mol. The summed E-state index contributed by atoms with van der Waals surface area (Å²) in [7, 11) is 1.49. The number of nitrogens with one attached hydrogen (secondary N) is 2. The lowest BCUT2D eigenvalue weighted by molar-refractivity contribution is -0.120. The van der Waals surface area contributed by atoms with Crippen molar-refractivity contribution in [3.8, 4) is 5.75 Å². The van der Waals surface area contributed by atoms with Gasteiger partial charge in [-0.2, -0.15) is 0 Å². The minimum absolute atomic E-state index is 0.0612. The van der Waals surface area contributed by atoms with Crippen molar-refractivity contribution in [1.82, 2.24) is 5.32 Å². The maximum atomic E-state index is 12.0. The first-order valence-corrected chi connectivity index (χ1v) is 8.84. The Morgan fingerprint density at radius 2 is 2.04 bits per heavy atom. The molecule has 1 aromatic rings. The molecule has 8 heteroatoms. The molecule has 1 fully saturated rings. The number of benzene rings is 1. The molecule has 2 rings (SSSR count). The second-order valence-electron chi connectivity index (χ2n) is 6.14. The fraction of sp³-hybridized carbons (Fsp3) is 0.500. The van der Waals surface area contributed by atoms with E-state index in [0.717, 1.165) is 25.7 Å². The van der Waals surface area contributed by atoms with Crippen LogP contribution in [0.5, 0.6) is 5.75 Å². The molecule has 0 spiro atoms. The highest BCUT2D eigenvalue weighted by Crippen LogP contribution is 2.32. The monoisotopic (exact) mass is 362 g/mol. The van der Waals surface area contributed by atoms with E-state index < -0.39 is 6.03 Å². The molecule has 8 nitrogen and oxygen atoms in total. The van der Waals surface area contributed by atoms with E-state index in [0.29, 0.717) is 30.1 Å². The zero-order valence-electron chi connectivity index (χ0n) is 15.0. The molecule has 0 saturated carbocycles. The van der Waals surface area contributed by atoms with Crippen LogP contribution in [0.15, 0.2) is 18.2 Å². The van der Waals surface area contributed by atoms with Crippen LogP contribution >= 0.6 is 0 Å². The second-order valence-corrected chi connectivity index (χ2v) is 6.14. The summed E-state index contributed by atoms with van der Waals surface area (Å²) < 4.78 is 5.35. The Balaban J connectivity index is 1.96. The van der Waals surface area contributed by atoms with Crippen molar-refractivity contribution in [1.29, 1.82) is 0 Å². The number of rotatable bonds is 9. The number of hydrogen-bond donors (Lipinski definition) is 3. The maximum absolute atomic E-state index is 12.0. The van der Waals surface area contributed by atoms with Crippen LogP contribution in [0.3, 0.4) is 0 Å². The highest BCUT2D eigenvalue weighted by molar-refractivity contribution is 6.06. The molecule has 0 unspecified atom stereocenters. The number of urea groups is 1. The Hall–Kier alpha value is -2.61. The Morgan fingerprint density at radius 3 is 2.73 bits per heavy atom. The zero-order valence-corrected chi connectivity index (χ0v) is 15.0. The van der Waals surface area contributed by atoms with E-state index >= 15 is 0 Å². The SMILES string of the molecule is COc1cc(NC(=O)CCCCCCN)ccc1N1CCC(=O)NC1=O. The summed E-state index contributed by atoms with van der Waals surface area (Å²) >= 11 is 0. The summed E-state index contributed by atoms with van der Waals surface area (Å²) in [6, 6.07) is 4.61. The van der Waals surface area contributed by atoms with Crippen LogP contribution in [-0.4, -0.2) is 38.0 Å². The maximum Gasteiger partial charge on any atom is 0.328 e. The van der Waals surface area contributed by atoms with Crippen LogP contribution in [0.25, 0.3) is 0 Å². The number of nitrogens with two attached hydrogens (primary N) is 1. The number of ether oxygens (including phenoxy) is 1. The van der Waals surface area contributed by atoms with Crippen molar-refractivity contribution in [2.24, 2.45) is 5.73 Å². The molecule has 0 bridgehead atoms. The number of methoxy groups -OCH3 is 1. The fourth-order valence-corrected chi connectivity index (χ4v) is 2.78. The molecule has 0 aliphatic carbocycles. The van der Waals surface area contributed by atoms with Gasteiger partial charge in [0.1, 0.15) is 5.75 Å². The van der Waals surface area contributed by atoms with Crippen molar-refractivity contribution in [2.75, 3.05) is 30.4 Å². The number of imide groups is 1. The van der Waals surface area contributed by atoms with Gasteiger partial charge in [-0.25, -0.2) is 4.79 Å². The van der Waals surface area contributed by atoms with Crippen LogP contribution < -0.4 is 26.0 Å².